The summed E-state index contributed by atoms with van der Waals surface area (Å²) in [7, 11) is 0. The van der Waals surface area contributed by atoms with Crippen molar-refractivity contribution in [1.29, 1.82) is 0 Å². The van der Waals surface area contributed by atoms with E-state index in [2.05, 4.69) is 9.69 Å². The highest BCUT2D eigenvalue weighted by Gasteiger charge is 2.38. The highest BCUT2D eigenvalue weighted by atomic mass is 19.4. The molecule has 6 aromatic carbocycles. The summed E-state index contributed by atoms with van der Waals surface area (Å²) in [6.45, 7) is 24.0. The fourth-order valence-electron chi connectivity index (χ4n) is 8.13. The van der Waals surface area contributed by atoms with Gasteiger partial charge in [-0.1, -0.05) is 65.7 Å². The minimum absolute atomic E-state index is 0.00544. The van der Waals surface area contributed by atoms with Gasteiger partial charge in [-0.3, -0.25) is 9.59 Å². The predicted octanol–water partition coefficient (Wildman–Crippen LogP) is 15.1. The molecule has 0 bridgehead atoms. The zero-order valence-corrected chi connectivity index (χ0v) is 40.3. The number of aromatic carboxylic acids is 1. The van der Waals surface area contributed by atoms with Gasteiger partial charge in [-0.15, -0.1) is 0 Å². The summed E-state index contributed by atoms with van der Waals surface area (Å²) in [5.41, 5.74) is 0.667. The first-order chi connectivity index (χ1) is 35.0. The SMILES string of the molecule is [C-]#[N+]c1c(C(F)(F)F)cc(-c2ccc(Oc3cccc(C(=O)O)c3)cc2)n(Cc2ccc(C)cc2C)c1=O.[C-]#[N+]c1c(C(F)(F)F)cc(-c2ccc(Oc3cccc(C)c3)cc2)n(Cc2ccc(C)cc2C)c1=O. The molecule has 0 atom stereocenters. The lowest BCUT2D eigenvalue weighted by Crippen LogP contribution is -2.25. The van der Waals surface area contributed by atoms with Crippen LogP contribution in [0.25, 0.3) is 32.2 Å². The van der Waals surface area contributed by atoms with Crippen molar-refractivity contribution in [3.63, 3.8) is 0 Å². The molecule has 0 aliphatic rings. The quantitative estimate of drug-likeness (QED) is 0.102. The molecule has 0 aliphatic heterocycles. The summed E-state index contributed by atoms with van der Waals surface area (Å²) in [4.78, 5) is 43.5. The molecule has 0 radical (unpaired) electrons. The zero-order valence-electron chi connectivity index (χ0n) is 40.3. The molecular weight excluding hydrogens is 963 g/mol. The van der Waals surface area contributed by atoms with Crippen molar-refractivity contribution in [1.82, 2.24) is 9.13 Å². The van der Waals surface area contributed by atoms with Crippen LogP contribution in [0.2, 0.25) is 0 Å². The average molecular weight is 1010 g/mol. The number of carboxylic acids is 1. The Morgan fingerprint density at radius 1 is 0.514 bits per heavy atom. The van der Waals surface area contributed by atoms with Gasteiger partial charge in [0.25, 0.3) is 22.5 Å². The zero-order chi connectivity index (χ0) is 53.6. The number of pyridine rings is 2. The van der Waals surface area contributed by atoms with Crippen LogP contribution in [0, 0.1) is 47.8 Å². The van der Waals surface area contributed by atoms with Crippen LogP contribution in [0.1, 0.15) is 60.4 Å². The monoisotopic (exact) mass is 1010 g/mol. The molecule has 16 heteroatoms. The maximum atomic E-state index is 13.8. The van der Waals surface area contributed by atoms with E-state index in [1.54, 1.807) is 42.5 Å². The van der Waals surface area contributed by atoms with Crippen molar-refractivity contribution in [2.45, 2.75) is 60.1 Å². The van der Waals surface area contributed by atoms with Gasteiger partial charge in [0.05, 0.1) is 42.9 Å². The minimum Gasteiger partial charge on any atom is -0.478 e. The number of nitrogens with zero attached hydrogens (tertiary/aromatic N) is 4. The van der Waals surface area contributed by atoms with E-state index in [0.717, 1.165) is 51.1 Å². The summed E-state index contributed by atoms with van der Waals surface area (Å²) in [5, 5.41) is 9.16. The number of rotatable bonds is 11. The Kier molecular flexibility index (Phi) is 15.4. The van der Waals surface area contributed by atoms with E-state index in [-0.39, 0.29) is 35.8 Å². The number of alkyl halides is 6. The fourth-order valence-corrected chi connectivity index (χ4v) is 8.13. The van der Waals surface area contributed by atoms with Gasteiger partial charge in [-0.05, 0) is 165 Å². The summed E-state index contributed by atoms with van der Waals surface area (Å²) in [6.07, 6.45) is -9.74. The summed E-state index contributed by atoms with van der Waals surface area (Å²) < 4.78 is 96.8. The molecule has 2 aromatic heterocycles. The lowest BCUT2D eigenvalue weighted by Gasteiger charge is -2.19. The number of ether oxygens (including phenoxy) is 2. The van der Waals surface area contributed by atoms with Crippen molar-refractivity contribution in [3.05, 3.63) is 245 Å². The van der Waals surface area contributed by atoms with Gasteiger partial charge in [0, 0.05) is 11.4 Å². The van der Waals surface area contributed by atoms with Gasteiger partial charge in [0.1, 0.15) is 23.0 Å². The molecule has 0 amide bonds. The molecule has 8 aromatic rings. The Morgan fingerprint density at radius 3 is 1.27 bits per heavy atom. The number of halogens is 6. The molecule has 0 fully saturated rings. The number of carbonyl (C=O) groups is 1. The van der Waals surface area contributed by atoms with Crippen molar-refractivity contribution < 1.29 is 45.7 Å². The lowest BCUT2D eigenvalue weighted by molar-refractivity contribution is -0.137. The predicted molar refractivity (Wildman–Crippen MR) is 270 cm³/mol. The molecule has 0 aliphatic carbocycles. The van der Waals surface area contributed by atoms with Crippen LogP contribution in [0.4, 0.5) is 37.7 Å². The molecule has 0 unspecified atom stereocenters. The van der Waals surface area contributed by atoms with E-state index < -0.39 is 51.9 Å². The first kappa shape index (κ1) is 52.7. The number of aromatic nitrogens is 2. The van der Waals surface area contributed by atoms with Gasteiger partial charge >= 0.3 is 18.3 Å². The topological polar surface area (TPSA) is 108 Å². The van der Waals surface area contributed by atoms with E-state index in [4.69, 9.17) is 27.7 Å². The van der Waals surface area contributed by atoms with Crippen molar-refractivity contribution in [3.8, 4) is 45.5 Å². The van der Waals surface area contributed by atoms with Gasteiger partial charge in [-0.25, -0.2) is 14.5 Å². The second kappa shape index (κ2) is 21.7. The number of carboxylic acid groups (broad SMARTS) is 1. The third-order valence-corrected chi connectivity index (χ3v) is 11.9. The molecule has 10 nitrogen and oxygen atoms in total. The smallest absolute Gasteiger partial charge is 0.407 e. The Morgan fingerprint density at radius 2 is 0.905 bits per heavy atom. The lowest BCUT2D eigenvalue weighted by atomic mass is 10.0. The van der Waals surface area contributed by atoms with Gasteiger partial charge in [0.2, 0.25) is 0 Å². The fraction of sp³-hybridized carbons (Fsp3) is 0.155. The van der Waals surface area contributed by atoms with E-state index in [1.807, 2.05) is 83.1 Å². The van der Waals surface area contributed by atoms with Gasteiger partial charge < -0.3 is 23.7 Å². The highest BCUT2D eigenvalue weighted by molar-refractivity contribution is 5.88. The largest absolute Gasteiger partial charge is 0.478 e. The normalized spacial score (nSPS) is 11.2. The molecule has 0 saturated heterocycles. The molecule has 0 saturated carbocycles. The second-order valence-corrected chi connectivity index (χ2v) is 17.3. The summed E-state index contributed by atoms with van der Waals surface area (Å²) in [6, 6.07) is 38.8. The maximum absolute atomic E-state index is 13.8. The van der Waals surface area contributed by atoms with Crippen molar-refractivity contribution in [2.24, 2.45) is 0 Å². The average Bonchev–Trinajstić information content (AvgIpc) is 3.34. The molecule has 1 N–H and O–H groups in total. The third-order valence-electron chi connectivity index (χ3n) is 11.9. The first-order valence-electron chi connectivity index (χ1n) is 22.6. The third kappa shape index (κ3) is 12.1. The first-order valence-corrected chi connectivity index (χ1v) is 22.6. The molecule has 374 valence electrons. The summed E-state index contributed by atoms with van der Waals surface area (Å²) in [5.74, 6) is 0.603. The van der Waals surface area contributed by atoms with Crippen LogP contribution < -0.4 is 20.6 Å². The standard InChI is InChI=1S/C29H21F3N2O4.C29H23F3N2O2/c1-17-7-8-21(18(2)13-17)16-34-25(15-24(29(30,31)32)26(33-3)27(34)35)19-9-11-22(12-10-19)38-23-6-4-5-20(14-23)28(36)37;1-18-6-5-7-24(15-18)36-23-12-10-21(11-13-23)26-16-25(29(30,31)32)27(33-4)28(35)34(26)17-22-9-8-19(2)14-20(22)3/h4-15H,16H2,1-2H3,(H,36,37);5-16H,17H2,1-3H3. The van der Waals surface area contributed by atoms with Crippen LogP contribution in [0.15, 0.2) is 155 Å². The van der Waals surface area contributed by atoms with Crippen LogP contribution >= 0.6 is 0 Å². The summed E-state index contributed by atoms with van der Waals surface area (Å²) >= 11 is 0. The van der Waals surface area contributed by atoms with Gasteiger partial charge in [-0.2, -0.15) is 26.3 Å². The molecule has 0 spiro atoms. The number of hydrogen-bond donors (Lipinski definition) is 1. The number of hydrogen-bond acceptors (Lipinski definition) is 5. The molecule has 74 heavy (non-hydrogen) atoms. The Hall–Kier alpha value is -9.15. The Labute approximate surface area is 421 Å². The molecule has 2 heterocycles. The highest BCUT2D eigenvalue weighted by Crippen LogP contribution is 2.40. The van der Waals surface area contributed by atoms with E-state index >= 15 is 0 Å². The van der Waals surface area contributed by atoms with E-state index in [9.17, 15) is 40.7 Å². The Balaban J connectivity index is 0.000000217. The van der Waals surface area contributed by atoms with Crippen LogP contribution in [0.3, 0.4) is 0 Å². The maximum Gasteiger partial charge on any atom is 0.407 e. The van der Waals surface area contributed by atoms with Crippen molar-refractivity contribution in [2.75, 3.05) is 0 Å². The Bertz CT molecular complexity index is 3640. The molecule has 8 rings (SSSR count). The number of aryl methyl sites for hydroxylation is 5. The molecular formula is C58H44F6N4O6. The van der Waals surface area contributed by atoms with Crippen LogP contribution in [-0.4, -0.2) is 20.2 Å². The van der Waals surface area contributed by atoms with Crippen LogP contribution in [0.5, 0.6) is 23.0 Å². The van der Waals surface area contributed by atoms with Gasteiger partial charge in [0.15, 0.2) is 0 Å². The number of benzene rings is 6. The second-order valence-electron chi connectivity index (χ2n) is 17.3. The van der Waals surface area contributed by atoms with E-state index in [1.165, 1.54) is 51.6 Å². The van der Waals surface area contributed by atoms with E-state index in [0.29, 0.717) is 28.4 Å². The van der Waals surface area contributed by atoms with Crippen LogP contribution in [-0.2, 0) is 25.4 Å². The van der Waals surface area contributed by atoms with Crippen molar-refractivity contribution >= 4 is 17.3 Å². The minimum atomic E-state index is -4.90.